The van der Waals surface area contributed by atoms with Crippen molar-refractivity contribution in [2.45, 2.75) is 0 Å². The quantitative estimate of drug-likeness (QED) is 0.141. The first-order chi connectivity index (χ1) is 34.5. The monoisotopic (exact) mass is 892 g/mol. The van der Waals surface area contributed by atoms with E-state index in [1.54, 1.807) is 42.5 Å². The minimum absolute atomic E-state index is 0.434. The first-order valence-corrected chi connectivity index (χ1v) is 22.5. The molecule has 324 valence electrons. The second-order valence-electron chi connectivity index (χ2n) is 16.7. The fraction of sp³-hybridized carbons (Fsp3) is 0. The molecule has 11 aromatic rings. The highest BCUT2D eigenvalue weighted by Crippen LogP contribution is 2.41. The summed E-state index contributed by atoms with van der Waals surface area (Å²) in [5, 5.41) is 42.6. The molecule has 0 atom stereocenters. The standard InChI is InChI=1S/C62H36N8/c63-37-41-11-9-13-46(31-41)59-36-58(67-62(68-59)47-14-10-12-42(32-47)38-64)45-23-21-43(22-24-45)55-33-49(40-66)56(34-48(55)39-65)44-25-27-52(28-26-44)70-60-20-8-7-19-54(60)57-35-53(29-30-61(57)70)69(50-15-3-1-4-16-50)51-17-5-2-6-18-51/h1-36H. The summed E-state index contributed by atoms with van der Waals surface area (Å²) in [5.74, 6) is 0.434. The average molecular weight is 893 g/mol. The molecule has 8 heteroatoms. The van der Waals surface area contributed by atoms with Crippen molar-refractivity contribution in [3.05, 3.63) is 241 Å². The Balaban J connectivity index is 0.930. The Kier molecular flexibility index (Phi) is 10.9. The van der Waals surface area contributed by atoms with Gasteiger partial charge in [-0.2, -0.15) is 21.0 Å². The number of rotatable bonds is 9. The number of aromatic nitrogens is 3. The number of nitrogens with zero attached hydrogens (tertiary/aromatic N) is 8. The molecule has 0 spiro atoms. The zero-order valence-corrected chi connectivity index (χ0v) is 37.4. The molecular formula is C62H36N8. The van der Waals surface area contributed by atoms with Crippen LogP contribution in [0.25, 0.3) is 83.6 Å². The van der Waals surface area contributed by atoms with E-state index in [1.807, 2.05) is 72.8 Å². The number of para-hydroxylation sites is 3. The summed E-state index contributed by atoms with van der Waals surface area (Å²) in [7, 11) is 0. The van der Waals surface area contributed by atoms with Crippen LogP contribution in [0.3, 0.4) is 0 Å². The molecule has 0 unspecified atom stereocenters. The predicted octanol–water partition coefficient (Wildman–Crippen LogP) is 14.9. The zero-order chi connectivity index (χ0) is 47.6. The van der Waals surface area contributed by atoms with Crippen molar-refractivity contribution in [3.8, 4) is 86.1 Å². The second kappa shape index (κ2) is 18.1. The highest BCUT2D eigenvalue weighted by molar-refractivity contribution is 6.10. The van der Waals surface area contributed by atoms with Crippen LogP contribution in [0.5, 0.6) is 0 Å². The molecule has 70 heavy (non-hydrogen) atoms. The predicted molar refractivity (Wildman–Crippen MR) is 277 cm³/mol. The molecule has 0 N–H and O–H groups in total. The lowest BCUT2D eigenvalue weighted by Crippen LogP contribution is -2.09. The minimum atomic E-state index is 0.434. The molecule has 9 aromatic carbocycles. The van der Waals surface area contributed by atoms with Crippen molar-refractivity contribution in [1.82, 2.24) is 14.5 Å². The average Bonchev–Trinajstić information content (AvgIpc) is 3.77. The third kappa shape index (κ3) is 7.83. The Bertz CT molecular complexity index is 3860. The van der Waals surface area contributed by atoms with Gasteiger partial charge in [0.15, 0.2) is 5.82 Å². The van der Waals surface area contributed by atoms with Gasteiger partial charge in [0.25, 0.3) is 0 Å². The van der Waals surface area contributed by atoms with Gasteiger partial charge in [0.2, 0.25) is 0 Å². The molecule has 0 aliphatic carbocycles. The summed E-state index contributed by atoms with van der Waals surface area (Å²) in [6.07, 6.45) is 0. The lowest BCUT2D eigenvalue weighted by atomic mass is 9.91. The van der Waals surface area contributed by atoms with E-state index in [0.29, 0.717) is 56.2 Å². The maximum atomic E-state index is 10.6. The van der Waals surface area contributed by atoms with Crippen LogP contribution in [0.15, 0.2) is 218 Å². The number of hydrogen-bond donors (Lipinski definition) is 0. The fourth-order valence-electron chi connectivity index (χ4n) is 9.20. The highest BCUT2D eigenvalue weighted by Gasteiger charge is 2.19. The topological polar surface area (TPSA) is 129 Å². The summed E-state index contributed by atoms with van der Waals surface area (Å²) in [5.41, 5.74) is 14.6. The van der Waals surface area contributed by atoms with Crippen LogP contribution < -0.4 is 4.90 Å². The molecule has 11 rings (SSSR count). The highest BCUT2D eigenvalue weighted by atomic mass is 15.1. The molecule has 0 saturated carbocycles. The van der Waals surface area contributed by atoms with Crippen molar-refractivity contribution in [2.24, 2.45) is 0 Å². The van der Waals surface area contributed by atoms with E-state index < -0.39 is 0 Å². The lowest BCUT2D eigenvalue weighted by Gasteiger charge is -2.25. The van der Waals surface area contributed by atoms with Crippen LogP contribution >= 0.6 is 0 Å². The number of benzene rings is 9. The molecule has 0 bridgehead atoms. The van der Waals surface area contributed by atoms with E-state index in [0.717, 1.165) is 66.8 Å². The van der Waals surface area contributed by atoms with Gasteiger partial charge >= 0.3 is 0 Å². The Morgan fingerprint density at radius 1 is 0.357 bits per heavy atom. The van der Waals surface area contributed by atoms with Crippen LogP contribution in [-0.2, 0) is 0 Å². The normalized spacial score (nSPS) is 10.8. The van der Waals surface area contributed by atoms with Crippen LogP contribution in [0.1, 0.15) is 22.3 Å². The van der Waals surface area contributed by atoms with Crippen molar-refractivity contribution in [1.29, 1.82) is 21.0 Å². The summed E-state index contributed by atoms with van der Waals surface area (Å²) < 4.78 is 2.27. The first-order valence-electron chi connectivity index (χ1n) is 22.5. The molecule has 0 fully saturated rings. The van der Waals surface area contributed by atoms with E-state index in [1.165, 1.54) is 0 Å². The van der Waals surface area contributed by atoms with E-state index in [9.17, 15) is 21.0 Å². The third-order valence-electron chi connectivity index (χ3n) is 12.5. The van der Waals surface area contributed by atoms with Crippen LogP contribution in [0, 0.1) is 45.3 Å². The van der Waals surface area contributed by atoms with E-state index in [-0.39, 0.29) is 0 Å². The molecule has 0 saturated heterocycles. The van der Waals surface area contributed by atoms with Crippen LogP contribution in [-0.4, -0.2) is 14.5 Å². The maximum Gasteiger partial charge on any atom is 0.160 e. The molecule has 0 aliphatic heterocycles. The number of nitriles is 4. The van der Waals surface area contributed by atoms with E-state index in [4.69, 9.17) is 9.97 Å². The second-order valence-corrected chi connectivity index (χ2v) is 16.7. The lowest BCUT2D eigenvalue weighted by molar-refractivity contribution is 1.18. The number of anilines is 3. The largest absolute Gasteiger partial charge is 0.310 e. The smallest absolute Gasteiger partial charge is 0.160 e. The molecule has 8 nitrogen and oxygen atoms in total. The Hall–Kier alpha value is -10.4. The van der Waals surface area contributed by atoms with Gasteiger partial charge in [-0.15, -0.1) is 0 Å². The van der Waals surface area contributed by atoms with Crippen molar-refractivity contribution in [3.63, 3.8) is 0 Å². The summed E-state index contributed by atoms with van der Waals surface area (Å²) >= 11 is 0. The van der Waals surface area contributed by atoms with Crippen molar-refractivity contribution >= 4 is 38.9 Å². The van der Waals surface area contributed by atoms with Crippen molar-refractivity contribution in [2.75, 3.05) is 4.90 Å². The van der Waals surface area contributed by atoms with Crippen LogP contribution in [0.2, 0.25) is 0 Å². The van der Waals surface area contributed by atoms with Gasteiger partial charge in [-0.25, -0.2) is 9.97 Å². The van der Waals surface area contributed by atoms with E-state index >= 15 is 0 Å². The molecule has 2 aromatic heterocycles. The molecule has 0 amide bonds. The number of hydrogen-bond acceptors (Lipinski definition) is 7. The molecule has 0 aliphatic rings. The zero-order valence-electron chi connectivity index (χ0n) is 37.4. The maximum absolute atomic E-state index is 10.6. The Morgan fingerprint density at radius 2 is 0.871 bits per heavy atom. The SMILES string of the molecule is N#Cc1cccc(-c2cc(-c3ccc(-c4cc(C#N)c(-c5ccc(-n6c7ccccc7c7cc(N(c8ccccc8)c8ccccc8)ccc76)cc5)cc4C#N)cc3)nc(-c3cccc(C#N)c3)n2)c1. The van der Waals surface area contributed by atoms with Gasteiger partial charge in [0.1, 0.15) is 0 Å². The fourth-order valence-corrected chi connectivity index (χ4v) is 9.20. The summed E-state index contributed by atoms with van der Waals surface area (Å²) in [6, 6.07) is 80.8. The Morgan fingerprint density at radius 3 is 1.47 bits per heavy atom. The number of fused-ring (bicyclic) bond motifs is 3. The Labute approximate surface area is 404 Å². The van der Waals surface area contributed by atoms with Crippen molar-refractivity contribution < 1.29 is 0 Å². The van der Waals surface area contributed by atoms with Gasteiger partial charge in [-0.05, 0) is 114 Å². The first kappa shape index (κ1) is 42.3. The summed E-state index contributed by atoms with van der Waals surface area (Å²) in [4.78, 5) is 12.1. The van der Waals surface area contributed by atoms with Gasteiger partial charge < -0.3 is 9.47 Å². The third-order valence-corrected chi connectivity index (χ3v) is 12.5. The van der Waals surface area contributed by atoms with Gasteiger partial charge in [0, 0.05) is 61.3 Å². The molecule has 0 radical (unpaired) electrons. The summed E-state index contributed by atoms with van der Waals surface area (Å²) in [6.45, 7) is 0. The van der Waals surface area contributed by atoms with Gasteiger partial charge in [-0.1, -0.05) is 115 Å². The van der Waals surface area contributed by atoms with Gasteiger partial charge in [-0.3, -0.25) is 0 Å². The molecular weight excluding hydrogens is 857 g/mol. The van der Waals surface area contributed by atoms with Gasteiger partial charge in [0.05, 0.1) is 69.0 Å². The molecule has 2 heterocycles. The van der Waals surface area contributed by atoms with E-state index in [2.05, 4.69) is 137 Å². The minimum Gasteiger partial charge on any atom is -0.310 e. The van der Waals surface area contributed by atoms with Crippen LogP contribution in [0.4, 0.5) is 17.1 Å².